The lowest BCUT2D eigenvalue weighted by Crippen LogP contribution is -1.97. The molecule has 0 bridgehead atoms. The Bertz CT molecular complexity index is 415. The fourth-order valence-electron chi connectivity index (χ4n) is 1.06. The maximum Gasteiger partial charge on any atom is 0.161 e. The number of Topliss-reactive ketones (excluding diaryl/α,β-unsaturated/α-hetero) is 1. The van der Waals surface area contributed by atoms with E-state index >= 15 is 0 Å². The predicted molar refractivity (Wildman–Crippen MR) is 57.1 cm³/mol. The first-order chi connectivity index (χ1) is 6.65. The maximum atomic E-state index is 12.8. The fourth-order valence-corrected chi connectivity index (χ4v) is 1.20. The second kappa shape index (κ2) is 4.92. The van der Waals surface area contributed by atoms with Crippen LogP contribution in [-0.2, 0) is 0 Å². The van der Waals surface area contributed by atoms with E-state index in [1.165, 1.54) is 25.1 Å². The maximum absolute atomic E-state index is 12.8. The van der Waals surface area contributed by atoms with Gasteiger partial charge in [0.2, 0.25) is 0 Å². The van der Waals surface area contributed by atoms with E-state index < -0.39 is 0 Å². The van der Waals surface area contributed by atoms with Crippen LogP contribution in [0.2, 0.25) is 0 Å². The summed E-state index contributed by atoms with van der Waals surface area (Å²) in [5, 5.41) is 0.501. The molecule has 0 aromatic heterocycles. The molecule has 0 saturated heterocycles. The molecule has 0 radical (unpaired) electrons. The van der Waals surface area contributed by atoms with E-state index in [9.17, 15) is 9.18 Å². The van der Waals surface area contributed by atoms with Crippen LogP contribution in [0.25, 0.3) is 0 Å². The number of hydrogen-bond acceptors (Lipinski definition) is 1. The van der Waals surface area contributed by atoms with Crippen LogP contribution in [0.4, 0.5) is 4.39 Å². The highest BCUT2D eigenvalue weighted by Crippen LogP contribution is 2.10. The number of halogens is 2. The van der Waals surface area contributed by atoms with Gasteiger partial charge in [-0.3, -0.25) is 4.79 Å². The number of carbonyl (C=O) groups is 1. The molecule has 0 saturated carbocycles. The van der Waals surface area contributed by atoms with Crippen LogP contribution in [0.15, 0.2) is 18.2 Å². The lowest BCUT2D eigenvalue weighted by molar-refractivity contribution is 0.101. The van der Waals surface area contributed by atoms with E-state index in [2.05, 4.69) is 27.8 Å². The van der Waals surface area contributed by atoms with Crippen LogP contribution in [0, 0.1) is 17.7 Å². The van der Waals surface area contributed by atoms with E-state index in [1.54, 1.807) is 0 Å². The molecule has 1 aromatic rings. The summed E-state index contributed by atoms with van der Waals surface area (Å²) in [7, 11) is 0. The Balaban J connectivity index is 3.22. The molecule has 14 heavy (non-hydrogen) atoms. The Morgan fingerprint density at radius 3 is 2.86 bits per heavy atom. The molecular weight excluding hydrogens is 247 g/mol. The Morgan fingerprint density at radius 1 is 1.57 bits per heavy atom. The third-order valence-electron chi connectivity index (χ3n) is 1.65. The van der Waals surface area contributed by atoms with Crippen LogP contribution in [0.3, 0.4) is 0 Å². The third-order valence-corrected chi connectivity index (χ3v) is 1.93. The van der Waals surface area contributed by atoms with Gasteiger partial charge in [0, 0.05) is 11.1 Å². The van der Waals surface area contributed by atoms with Crippen molar-refractivity contribution in [1.82, 2.24) is 0 Å². The minimum absolute atomic E-state index is 0.108. The van der Waals surface area contributed by atoms with Crippen LogP contribution in [0.1, 0.15) is 22.8 Å². The standard InChI is InChI=1S/C11H8BrFO/c1-8(14)11-5-4-10(13)7-9(11)3-2-6-12/h4-5,7H,6H2,1H3. The van der Waals surface area contributed by atoms with Crippen molar-refractivity contribution in [3.05, 3.63) is 35.1 Å². The molecular formula is C11H8BrFO. The molecule has 0 N–H and O–H groups in total. The van der Waals surface area contributed by atoms with Crippen molar-refractivity contribution < 1.29 is 9.18 Å². The summed E-state index contributed by atoms with van der Waals surface area (Å²) < 4.78 is 12.8. The van der Waals surface area contributed by atoms with Gasteiger partial charge in [-0.15, -0.1) is 0 Å². The first-order valence-corrected chi connectivity index (χ1v) is 5.12. The summed E-state index contributed by atoms with van der Waals surface area (Å²) in [5.74, 6) is 4.97. The predicted octanol–water partition coefficient (Wildman–Crippen LogP) is 2.77. The summed E-state index contributed by atoms with van der Waals surface area (Å²) in [6, 6.07) is 3.98. The van der Waals surface area contributed by atoms with E-state index in [-0.39, 0.29) is 11.6 Å². The summed E-state index contributed by atoms with van der Waals surface area (Å²) in [6.45, 7) is 1.44. The van der Waals surface area contributed by atoms with Gasteiger partial charge < -0.3 is 0 Å². The molecule has 3 heteroatoms. The topological polar surface area (TPSA) is 17.1 Å². The van der Waals surface area contributed by atoms with Gasteiger partial charge in [-0.05, 0) is 25.1 Å². The molecule has 0 heterocycles. The van der Waals surface area contributed by atoms with Crippen LogP contribution >= 0.6 is 15.9 Å². The monoisotopic (exact) mass is 254 g/mol. The number of ketones is 1. The molecule has 0 spiro atoms. The Labute approximate surface area is 90.4 Å². The number of hydrogen-bond donors (Lipinski definition) is 0. The fraction of sp³-hybridized carbons (Fsp3) is 0.182. The molecule has 72 valence electrons. The number of carbonyl (C=O) groups excluding carboxylic acids is 1. The molecule has 0 aliphatic rings. The minimum Gasteiger partial charge on any atom is -0.294 e. The number of alkyl halides is 1. The summed E-state index contributed by atoms with van der Waals surface area (Å²) in [4.78, 5) is 11.1. The van der Waals surface area contributed by atoms with Crippen molar-refractivity contribution in [2.75, 3.05) is 5.33 Å². The van der Waals surface area contributed by atoms with Gasteiger partial charge in [-0.2, -0.15) is 0 Å². The summed E-state index contributed by atoms with van der Waals surface area (Å²) in [6.07, 6.45) is 0. The minimum atomic E-state index is -0.381. The van der Waals surface area contributed by atoms with Crippen LogP contribution in [-0.4, -0.2) is 11.1 Å². The first-order valence-electron chi connectivity index (χ1n) is 4.00. The molecule has 1 aromatic carbocycles. The summed E-state index contributed by atoms with van der Waals surface area (Å²) in [5.41, 5.74) is 0.900. The Hall–Kier alpha value is -1.14. The highest BCUT2D eigenvalue weighted by atomic mass is 79.9. The Morgan fingerprint density at radius 2 is 2.29 bits per heavy atom. The zero-order valence-corrected chi connectivity index (χ0v) is 9.19. The van der Waals surface area contributed by atoms with Gasteiger partial charge in [-0.25, -0.2) is 4.39 Å². The second-order valence-electron chi connectivity index (χ2n) is 2.68. The largest absolute Gasteiger partial charge is 0.294 e. The van der Waals surface area contributed by atoms with Crippen molar-refractivity contribution in [1.29, 1.82) is 0 Å². The van der Waals surface area contributed by atoms with E-state index in [0.29, 0.717) is 16.5 Å². The van der Waals surface area contributed by atoms with Crippen molar-refractivity contribution in [3.63, 3.8) is 0 Å². The normalized spacial score (nSPS) is 9.07. The molecule has 0 atom stereocenters. The lowest BCUT2D eigenvalue weighted by atomic mass is 10.0. The lowest BCUT2D eigenvalue weighted by Gasteiger charge is -1.99. The zero-order valence-electron chi connectivity index (χ0n) is 7.60. The van der Waals surface area contributed by atoms with Crippen molar-refractivity contribution in [3.8, 4) is 11.8 Å². The van der Waals surface area contributed by atoms with E-state index in [1.807, 2.05) is 0 Å². The molecule has 1 rings (SSSR count). The molecule has 0 amide bonds. The third kappa shape index (κ3) is 2.68. The number of benzene rings is 1. The molecule has 0 aliphatic carbocycles. The van der Waals surface area contributed by atoms with E-state index in [0.717, 1.165) is 0 Å². The molecule has 0 fully saturated rings. The SMILES string of the molecule is CC(=O)c1ccc(F)cc1C#CCBr. The van der Waals surface area contributed by atoms with Crippen molar-refractivity contribution in [2.24, 2.45) is 0 Å². The van der Waals surface area contributed by atoms with Gasteiger partial charge in [-0.1, -0.05) is 27.8 Å². The average molecular weight is 255 g/mol. The molecule has 0 aliphatic heterocycles. The van der Waals surface area contributed by atoms with Gasteiger partial charge in [0.05, 0.1) is 5.33 Å². The van der Waals surface area contributed by atoms with Gasteiger partial charge in [0.25, 0.3) is 0 Å². The summed E-state index contributed by atoms with van der Waals surface area (Å²) >= 11 is 3.13. The quantitative estimate of drug-likeness (QED) is 0.428. The van der Waals surface area contributed by atoms with Gasteiger partial charge in [0.1, 0.15) is 5.82 Å². The van der Waals surface area contributed by atoms with Crippen LogP contribution < -0.4 is 0 Å². The molecule has 0 unspecified atom stereocenters. The highest BCUT2D eigenvalue weighted by Gasteiger charge is 2.05. The van der Waals surface area contributed by atoms with E-state index in [4.69, 9.17) is 0 Å². The molecule has 1 nitrogen and oxygen atoms in total. The zero-order chi connectivity index (χ0) is 10.6. The smallest absolute Gasteiger partial charge is 0.161 e. The second-order valence-corrected chi connectivity index (χ2v) is 3.24. The average Bonchev–Trinajstić information content (AvgIpc) is 2.14. The van der Waals surface area contributed by atoms with Crippen molar-refractivity contribution in [2.45, 2.75) is 6.92 Å². The highest BCUT2D eigenvalue weighted by molar-refractivity contribution is 9.09. The van der Waals surface area contributed by atoms with Gasteiger partial charge >= 0.3 is 0 Å². The van der Waals surface area contributed by atoms with Crippen LogP contribution in [0.5, 0.6) is 0 Å². The number of rotatable bonds is 1. The first kappa shape index (κ1) is 10.9. The van der Waals surface area contributed by atoms with Gasteiger partial charge in [0.15, 0.2) is 5.78 Å². The van der Waals surface area contributed by atoms with Crippen molar-refractivity contribution >= 4 is 21.7 Å². The Kier molecular flexibility index (Phi) is 3.84.